The summed E-state index contributed by atoms with van der Waals surface area (Å²) in [4.78, 5) is 24.8. The zero-order valence-corrected chi connectivity index (χ0v) is 13.2. The lowest BCUT2D eigenvalue weighted by Crippen LogP contribution is -2.30. The van der Waals surface area contributed by atoms with Crippen molar-refractivity contribution in [3.05, 3.63) is 46.1 Å². The molecule has 0 unspecified atom stereocenters. The van der Waals surface area contributed by atoms with Crippen molar-refractivity contribution < 1.29 is 13.2 Å². The molecule has 0 saturated heterocycles. The molecule has 1 heterocycles. The Hall–Kier alpha value is -2.46. The maximum atomic E-state index is 12.0. The van der Waals surface area contributed by atoms with E-state index < -0.39 is 21.6 Å². The SMILES string of the molecule is Cc1ccc(S(=O)(=O)NCCCNC(=O)c2n[nH]c(=O)[nH]2)cc1. The Bertz CT molecular complexity index is 823. The van der Waals surface area contributed by atoms with E-state index >= 15 is 0 Å². The number of H-pyrrole nitrogens is 2. The van der Waals surface area contributed by atoms with Gasteiger partial charge in [-0.3, -0.25) is 9.78 Å². The van der Waals surface area contributed by atoms with E-state index in [9.17, 15) is 18.0 Å². The molecule has 0 atom stereocenters. The van der Waals surface area contributed by atoms with Crippen molar-refractivity contribution in [3.63, 3.8) is 0 Å². The zero-order chi connectivity index (χ0) is 16.9. The summed E-state index contributed by atoms with van der Waals surface area (Å²) in [5.74, 6) is -0.653. The van der Waals surface area contributed by atoms with Crippen LogP contribution in [0.2, 0.25) is 0 Å². The highest BCUT2D eigenvalue weighted by Crippen LogP contribution is 2.09. The van der Waals surface area contributed by atoms with E-state index in [-0.39, 0.29) is 23.8 Å². The van der Waals surface area contributed by atoms with E-state index in [0.29, 0.717) is 6.42 Å². The number of hydrogen-bond donors (Lipinski definition) is 4. The second-order valence-electron chi connectivity index (χ2n) is 4.85. The molecule has 1 aromatic carbocycles. The van der Waals surface area contributed by atoms with Crippen LogP contribution in [0.3, 0.4) is 0 Å². The van der Waals surface area contributed by atoms with Gasteiger partial charge in [0.05, 0.1) is 4.90 Å². The third kappa shape index (κ3) is 4.76. The summed E-state index contributed by atoms with van der Waals surface area (Å²) in [5.41, 5.74) is 0.407. The van der Waals surface area contributed by atoms with Crippen molar-refractivity contribution in [3.8, 4) is 0 Å². The standard InChI is InChI=1S/C13H17N5O4S/c1-9-3-5-10(6-4-9)23(21,22)15-8-2-7-14-12(19)11-16-13(20)18-17-11/h3-6,15H,2,7-8H2,1H3,(H,14,19)(H2,16,17,18,20). The van der Waals surface area contributed by atoms with Crippen molar-refractivity contribution in [1.29, 1.82) is 0 Å². The average molecular weight is 339 g/mol. The van der Waals surface area contributed by atoms with Crippen LogP contribution in [0.4, 0.5) is 0 Å². The number of sulfonamides is 1. The number of hydrogen-bond acceptors (Lipinski definition) is 5. The number of nitrogens with one attached hydrogen (secondary N) is 4. The third-order valence-electron chi connectivity index (χ3n) is 2.98. The quantitative estimate of drug-likeness (QED) is 0.504. The number of rotatable bonds is 7. The second kappa shape index (κ2) is 7.20. The van der Waals surface area contributed by atoms with Gasteiger partial charge >= 0.3 is 5.69 Å². The Morgan fingerprint density at radius 3 is 2.52 bits per heavy atom. The molecule has 10 heteroatoms. The minimum absolute atomic E-state index is 0.116. The first-order valence-electron chi connectivity index (χ1n) is 6.88. The number of benzene rings is 1. The zero-order valence-electron chi connectivity index (χ0n) is 12.4. The minimum Gasteiger partial charge on any atom is -0.349 e. The number of nitrogens with zero attached hydrogens (tertiary/aromatic N) is 1. The first-order valence-corrected chi connectivity index (χ1v) is 8.36. The molecule has 0 bridgehead atoms. The number of carbonyl (C=O) groups excluding carboxylic acids is 1. The van der Waals surface area contributed by atoms with Gasteiger partial charge in [-0.1, -0.05) is 17.7 Å². The van der Waals surface area contributed by atoms with Crippen molar-refractivity contribution in [2.75, 3.05) is 13.1 Å². The Morgan fingerprint density at radius 1 is 1.22 bits per heavy atom. The van der Waals surface area contributed by atoms with E-state index in [2.05, 4.69) is 25.2 Å². The highest BCUT2D eigenvalue weighted by Gasteiger charge is 2.13. The Kier molecular flexibility index (Phi) is 5.29. The smallest absolute Gasteiger partial charge is 0.341 e. The minimum atomic E-state index is -3.55. The summed E-state index contributed by atoms with van der Waals surface area (Å²) < 4.78 is 26.5. The molecule has 0 aliphatic carbocycles. The summed E-state index contributed by atoms with van der Waals surface area (Å²) in [6, 6.07) is 6.51. The van der Waals surface area contributed by atoms with E-state index in [1.165, 1.54) is 12.1 Å². The highest BCUT2D eigenvalue weighted by atomic mass is 32.2. The highest BCUT2D eigenvalue weighted by molar-refractivity contribution is 7.89. The molecule has 4 N–H and O–H groups in total. The van der Waals surface area contributed by atoms with Crippen LogP contribution in [-0.2, 0) is 10.0 Å². The summed E-state index contributed by atoms with van der Waals surface area (Å²) >= 11 is 0. The topological polar surface area (TPSA) is 137 Å². The predicted molar refractivity (Wildman–Crippen MR) is 82.5 cm³/mol. The number of aromatic nitrogens is 3. The normalized spacial score (nSPS) is 11.3. The van der Waals surface area contributed by atoms with E-state index in [4.69, 9.17) is 0 Å². The van der Waals surface area contributed by atoms with Crippen LogP contribution < -0.4 is 15.7 Å². The lowest BCUT2D eigenvalue weighted by Gasteiger charge is -2.07. The molecule has 1 aromatic heterocycles. The van der Waals surface area contributed by atoms with Gasteiger partial charge in [0, 0.05) is 13.1 Å². The lowest BCUT2D eigenvalue weighted by atomic mass is 10.2. The average Bonchev–Trinajstić information content (AvgIpc) is 2.94. The first-order chi connectivity index (χ1) is 10.9. The second-order valence-corrected chi connectivity index (χ2v) is 6.61. The third-order valence-corrected chi connectivity index (χ3v) is 4.46. The van der Waals surface area contributed by atoms with Gasteiger partial charge in [-0.25, -0.2) is 23.0 Å². The molecule has 0 spiro atoms. The van der Waals surface area contributed by atoms with Gasteiger partial charge < -0.3 is 5.32 Å². The summed E-state index contributed by atoms with van der Waals surface area (Å²) in [6.45, 7) is 2.29. The summed E-state index contributed by atoms with van der Waals surface area (Å²) in [5, 5.41) is 8.08. The fourth-order valence-electron chi connectivity index (χ4n) is 1.76. The molecule has 124 valence electrons. The molecular weight excluding hydrogens is 322 g/mol. The van der Waals surface area contributed by atoms with Gasteiger partial charge in [0.15, 0.2) is 0 Å². The maximum absolute atomic E-state index is 12.0. The number of aryl methyl sites for hydroxylation is 1. The van der Waals surface area contributed by atoms with Crippen LogP contribution in [0.1, 0.15) is 22.6 Å². The molecule has 23 heavy (non-hydrogen) atoms. The number of carbonyl (C=O) groups is 1. The molecule has 2 aromatic rings. The largest absolute Gasteiger partial charge is 0.349 e. The summed E-state index contributed by atoms with van der Waals surface area (Å²) in [6.07, 6.45) is 0.394. The molecule has 1 amide bonds. The van der Waals surface area contributed by atoms with Gasteiger partial charge in [-0.2, -0.15) is 0 Å². The first kappa shape index (κ1) is 16.9. The molecule has 9 nitrogen and oxygen atoms in total. The van der Waals surface area contributed by atoms with Crippen LogP contribution in [0.15, 0.2) is 34.0 Å². The lowest BCUT2D eigenvalue weighted by molar-refractivity contribution is 0.0943. The van der Waals surface area contributed by atoms with Crippen molar-refractivity contribution in [2.24, 2.45) is 0 Å². The van der Waals surface area contributed by atoms with Crippen LogP contribution >= 0.6 is 0 Å². The molecule has 0 saturated carbocycles. The van der Waals surface area contributed by atoms with Crippen molar-refractivity contribution in [2.45, 2.75) is 18.2 Å². The molecular formula is C13H17N5O4S. The van der Waals surface area contributed by atoms with E-state index in [1.807, 2.05) is 6.92 Å². The van der Waals surface area contributed by atoms with Gasteiger partial charge in [0.25, 0.3) is 5.91 Å². The monoisotopic (exact) mass is 339 g/mol. The Labute approximate surface area is 132 Å². The van der Waals surface area contributed by atoms with Crippen LogP contribution in [-0.4, -0.2) is 42.6 Å². The van der Waals surface area contributed by atoms with E-state index in [0.717, 1.165) is 5.56 Å². The van der Waals surface area contributed by atoms with Crippen LogP contribution in [0.25, 0.3) is 0 Å². The van der Waals surface area contributed by atoms with Gasteiger partial charge in [-0.05, 0) is 25.5 Å². The van der Waals surface area contributed by atoms with E-state index in [1.54, 1.807) is 12.1 Å². The van der Waals surface area contributed by atoms with Crippen molar-refractivity contribution >= 4 is 15.9 Å². The fourth-order valence-corrected chi connectivity index (χ4v) is 2.83. The number of aromatic amines is 2. The molecule has 0 aliphatic rings. The molecule has 0 radical (unpaired) electrons. The number of amides is 1. The van der Waals surface area contributed by atoms with Gasteiger partial charge in [0.1, 0.15) is 0 Å². The van der Waals surface area contributed by atoms with Gasteiger partial charge in [0.2, 0.25) is 15.8 Å². The van der Waals surface area contributed by atoms with Crippen molar-refractivity contribution in [1.82, 2.24) is 25.2 Å². The molecule has 0 aliphatic heterocycles. The molecule has 0 fully saturated rings. The summed E-state index contributed by atoms with van der Waals surface area (Å²) in [7, 11) is -3.55. The van der Waals surface area contributed by atoms with Crippen LogP contribution in [0, 0.1) is 6.92 Å². The van der Waals surface area contributed by atoms with Gasteiger partial charge in [-0.15, -0.1) is 5.10 Å². The predicted octanol–water partition coefficient (Wildman–Crippen LogP) is -0.495. The fraction of sp³-hybridized carbons (Fsp3) is 0.308. The molecule has 2 rings (SSSR count). The van der Waals surface area contributed by atoms with Crippen LogP contribution in [0.5, 0.6) is 0 Å². The Morgan fingerprint density at radius 2 is 1.91 bits per heavy atom. The Balaban J connectivity index is 1.75. The maximum Gasteiger partial charge on any atom is 0.341 e.